The lowest BCUT2D eigenvalue weighted by molar-refractivity contribution is 0.574. The molecular formula is C13H11N3O. The lowest BCUT2D eigenvalue weighted by Gasteiger charge is -1.99. The normalized spacial score (nSPS) is 10.6. The molecule has 0 fully saturated rings. The topological polar surface area (TPSA) is 43.9 Å². The fourth-order valence-electron chi connectivity index (χ4n) is 1.87. The molecule has 0 saturated carbocycles. The third-order valence-electron chi connectivity index (χ3n) is 2.61. The van der Waals surface area contributed by atoms with Gasteiger partial charge in [0.25, 0.3) is 0 Å². The molecule has 3 aromatic heterocycles. The monoisotopic (exact) mass is 225 g/mol. The van der Waals surface area contributed by atoms with E-state index in [1.807, 2.05) is 29.9 Å². The lowest BCUT2D eigenvalue weighted by Crippen LogP contribution is -1.80. The number of hydrogen-bond acceptors (Lipinski definition) is 3. The molecule has 0 bridgehead atoms. The molecule has 0 aliphatic carbocycles. The van der Waals surface area contributed by atoms with Crippen LogP contribution >= 0.6 is 0 Å². The number of aromatic nitrogens is 3. The Hall–Kier alpha value is -2.36. The summed E-state index contributed by atoms with van der Waals surface area (Å²) in [7, 11) is 1.98. The first-order chi connectivity index (χ1) is 8.34. The van der Waals surface area contributed by atoms with Gasteiger partial charge in [-0.3, -0.25) is 4.98 Å². The fourth-order valence-corrected chi connectivity index (χ4v) is 1.87. The SMILES string of the molecule is Cn1cc(-c2ccncc2)c(-c2ncco2)c1. The Morgan fingerprint density at radius 1 is 1.06 bits per heavy atom. The summed E-state index contributed by atoms with van der Waals surface area (Å²) in [5.41, 5.74) is 3.19. The number of oxazole rings is 1. The molecule has 4 heteroatoms. The molecule has 0 saturated heterocycles. The summed E-state index contributed by atoms with van der Waals surface area (Å²) in [6.07, 6.45) is 10.8. The summed E-state index contributed by atoms with van der Waals surface area (Å²) in [4.78, 5) is 8.21. The molecule has 0 aromatic carbocycles. The zero-order chi connectivity index (χ0) is 11.7. The van der Waals surface area contributed by atoms with Crippen molar-refractivity contribution in [3.63, 3.8) is 0 Å². The van der Waals surface area contributed by atoms with Crippen molar-refractivity contribution in [2.24, 2.45) is 7.05 Å². The predicted octanol–water partition coefficient (Wildman–Crippen LogP) is 2.74. The molecule has 0 N–H and O–H groups in total. The van der Waals surface area contributed by atoms with E-state index in [9.17, 15) is 0 Å². The second-order valence-electron chi connectivity index (χ2n) is 3.82. The number of pyridine rings is 1. The quantitative estimate of drug-likeness (QED) is 0.673. The van der Waals surface area contributed by atoms with Gasteiger partial charge in [-0.2, -0.15) is 0 Å². The van der Waals surface area contributed by atoms with E-state index >= 15 is 0 Å². The molecule has 0 amide bonds. The van der Waals surface area contributed by atoms with E-state index in [1.54, 1.807) is 24.9 Å². The smallest absolute Gasteiger partial charge is 0.228 e. The van der Waals surface area contributed by atoms with E-state index in [0.717, 1.165) is 16.7 Å². The van der Waals surface area contributed by atoms with Gasteiger partial charge in [0.1, 0.15) is 6.26 Å². The van der Waals surface area contributed by atoms with Crippen LogP contribution in [0, 0.1) is 0 Å². The summed E-state index contributed by atoms with van der Waals surface area (Å²) in [6, 6.07) is 3.95. The Labute approximate surface area is 98.6 Å². The molecule has 0 aliphatic heterocycles. The Bertz CT molecular complexity index is 611. The molecule has 0 spiro atoms. The van der Waals surface area contributed by atoms with Gasteiger partial charge in [-0.05, 0) is 17.7 Å². The highest BCUT2D eigenvalue weighted by molar-refractivity contribution is 5.79. The third kappa shape index (κ3) is 1.73. The molecule has 0 radical (unpaired) electrons. The Kier molecular flexibility index (Phi) is 2.26. The zero-order valence-electron chi connectivity index (χ0n) is 9.37. The minimum atomic E-state index is 0.636. The third-order valence-corrected chi connectivity index (χ3v) is 2.61. The largest absolute Gasteiger partial charge is 0.444 e. The lowest BCUT2D eigenvalue weighted by atomic mass is 10.1. The summed E-state index contributed by atoms with van der Waals surface area (Å²) in [5, 5.41) is 0. The molecule has 4 nitrogen and oxygen atoms in total. The van der Waals surface area contributed by atoms with Gasteiger partial charge in [0, 0.05) is 37.4 Å². The minimum absolute atomic E-state index is 0.636. The molecule has 0 aliphatic rings. The van der Waals surface area contributed by atoms with Gasteiger partial charge >= 0.3 is 0 Å². The number of rotatable bonds is 2. The van der Waals surface area contributed by atoms with Crippen LogP contribution < -0.4 is 0 Å². The first-order valence-electron chi connectivity index (χ1n) is 5.31. The molecule has 84 valence electrons. The fraction of sp³-hybridized carbons (Fsp3) is 0.0769. The van der Waals surface area contributed by atoms with Crippen molar-refractivity contribution in [1.29, 1.82) is 0 Å². The van der Waals surface area contributed by atoms with E-state index in [2.05, 4.69) is 16.2 Å². The van der Waals surface area contributed by atoms with Gasteiger partial charge in [0.2, 0.25) is 5.89 Å². The van der Waals surface area contributed by atoms with Crippen molar-refractivity contribution in [2.75, 3.05) is 0 Å². The van der Waals surface area contributed by atoms with Crippen LogP contribution in [0.15, 0.2) is 53.8 Å². The second-order valence-corrected chi connectivity index (χ2v) is 3.82. The van der Waals surface area contributed by atoms with Crippen molar-refractivity contribution in [1.82, 2.24) is 14.5 Å². The van der Waals surface area contributed by atoms with E-state index in [1.165, 1.54) is 0 Å². The van der Waals surface area contributed by atoms with E-state index in [0.29, 0.717) is 5.89 Å². The van der Waals surface area contributed by atoms with Gasteiger partial charge in [0.15, 0.2) is 0 Å². The van der Waals surface area contributed by atoms with Crippen molar-refractivity contribution < 1.29 is 4.42 Å². The Balaban J connectivity index is 2.18. The number of aryl methyl sites for hydroxylation is 1. The van der Waals surface area contributed by atoms with Gasteiger partial charge in [-0.1, -0.05) is 0 Å². The van der Waals surface area contributed by atoms with Crippen molar-refractivity contribution >= 4 is 0 Å². The molecule has 3 rings (SSSR count). The zero-order valence-corrected chi connectivity index (χ0v) is 9.37. The molecular weight excluding hydrogens is 214 g/mol. The van der Waals surface area contributed by atoms with Crippen LogP contribution in [-0.2, 0) is 7.05 Å². The minimum Gasteiger partial charge on any atom is -0.444 e. The number of hydrogen-bond donors (Lipinski definition) is 0. The highest BCUT2D eigenvalue weighted by atomic mass is 16.3. The highest BCUT2D eigenvalue weighted by Gasteiger charge is 2.12. The van der Waals surface area contributed by atoms with Gasteiger partial charge in [0.05, 0.1) is 11.8 Å². The van der Waals surface area contributed by atoms with E-state index in [-0.39, 0.29) is 0 Å². The molecule has 3 aromatic rings. The van der Waals surface area contributed by atoms with Crippen LogP contribution in [0.5, 0.6) is 0 Å². The van der Waals surface area contributed by atoms with E-state index in [4.69, 9.17) is 4.42 Å². The van der Waals surface area contributed by atoms with Crippen molar-refractivity contribution in [3.05, 3.63) is 49.4 Å². The maximum atomic E-state index is 5.35. The average Bonchev–Trinajstić information content (AvgIpc) is 2.98. The Morgan fingerprint density at radius 2 is 1.82 bits per heavy atom. The molecule has 0 atom stereocenters. The van der Waals surface area contributed by atoms with Crippen molar-refractivity contribution in [3.8, 4) is 22.6 Å². The van der Waals surface area contributed by atoms with Gasteiger partial charge in [-0.25, -0.2) is 4.98 Å². The summed E-state index contributed by atoms with van der Waals surface area (Å²) in [5.74, 6) is 0.636. The van der Waals surface area contributed by atoms with Crippen LogP contribution in [0.2, 0.25) is 0 Å². The molecule has 17 heavy (non-hydrogen) atoms. The van der Waals surface area contributed by atoms with Crippen LogP contribution in [0.25, 0.3) is 22.6 Å². The molecule has 0 unspecified atom stereocenters. The molecule has 3 heterocycles. The van der Waals surface area contributed by atoms with Gasteiger partial charge < -0.3 is 8.98 Å². The summed E-state index contributed by atoms with van der Waals surface area (Å²) < 4.78 is 7.35. The average molecular weight is 225 g/mol. The van der Waals surface area contributed by atoms with Gasteiger partial charge in [-0.15, -0.1) is 0 Å². The highest BCUT2D eigenvalue weighted by Crippen LogP contribution is 2.31. The van der Waals surface area contributed by atoms with Crippen molar-refractivity contribution in [2.45, 2.75) is 0 Å². The van der Waals surface area contributed by atoms with E-state index < -0.39 is 0 Å². The van der Waals surface area contributed by atoms with Crippen LogP contribution in [0.4, 0.5) is 0 Å². The standard InChI is InChI=1S/C13H11N3O/c1-16-8-11(10-2-4-14-5-3-10)12(9-16)13-15-6-7-17-13/h2-9H,1H3. The Morgan fingerprint density at radius 3 is 2.53 bits per heavy atom. The number of nitrogens with zero attached hydrogens (tertiary/aromatic N) is 3. The maximum absolute atomic E-state index is 5.35. The second kappa shape index (κ2) is 3.90. The summed E-state index contributed by atoms with van der Waals surface area (Å²) in [6.45, 7) is 0. The summed E-state index contributed by atoms with van der Waals surface area (Å²) >= 11 is 0. The van der Waals surface area contributed by atoms with Crippen LogP contribution in [0.1, 0.15) is 0 Å². The first kappa shape index (κ1) is 9.84. The van der Waals surface area contributed by atoms with Crippen LogP contribution in [-0.4, -0.2) is 14.5 Å². The predicted molar refractivity (Wildman–Crippen MR) is 64.1 cm³/mol. The van der Waals surface area contributed by atoms with Crippen LogP contribution in [0.3, 0.4) is 0 Å². The maximum Gasteiger partial charge on any atom is 0.228 e. The first-order valence-corrected chi connectivity index (χ1v) is 5.31.